The molecule has 2 N–H and O–H groups in total. The maximum Gasteiger partial charge on any atom is 0.154 e. The summed E-state index contributed by atoms with van der Waals surface area (Å²) in [6.07, 6.45) is -0.936. The third-order valence-electron chi connectivity index (χ3n) is 7.27. The van der Waals surface area contributed by atoms with Crippen LogP contribution in [0.1, 0.15) is 34.3 Å². The zero-order valence-corrected chi connectivity index (χ0v) is 22.1. The molecule has 196 valence electrons. The fraction of sp³-hybridized carbons (Fsp3) is 0.250. The predicted octanol–water partition coefficient (Wildman–Crippen LogP) is 4.62. The van der Waals surface area contributed by atoms with Crippen LogP contribution in [0.25, 0.3) is 0 Å². The summed E-state index contributed by atoms with van der Waals surface area (Å²) in [5, 5.41) is 14.7. The number of aliphatic hydroxyl groups excluding tert-OH is 1. The maximum absolute atomic E-state index is 12.6. The van der Waals surface area contributed by atoms with Crippen LogP contribution in [0.4, 0.5) is 0 Å². The summed E-state index contributed by atoms with van der Waals surface area (Å²) in [7, 11) is -3.33. The maximum atomic E-state index is 12.6. The van der Waals surface area contributed by atoms with E-state index in [9.17, 15) is 13.5 Å². The van der Waals surface area contributed by atoms with E-state index in [0.717, 1.165) is 22.3 Å². The highest BCUT2D eigenvalue weighted by molar-refractivity contribution is 7.91. The van der Waals surface area contributed by atoms with Crippen molar-refractivity contribution in [2.24, 2.45) is 0 Å². The van der Waals surface area contributed by atoms with Crippen LogP contribution < -0.4 is 5.32 Å². The Hall–Kier alpha value is -3.29. The molecule has 5 nitrogen and oxygen atoms in total. The minimum Gasteiger partial charge on any atom is -0.390 e. The number of benzene rings is 4. The van der Waals surface area contributed by atoms with Crippen LogP contribution in [0, 0.1) is 0 Å². The summed E-state index contributed by atoms with van der Waals surface area (Å²) in [5.74, 6) is -0.250. The molecule has 1 aliphatic heterocycles. The van der Waals surface area contributed by atoms with Crippen LogP contribution in [0.5, 0.6) is 0 Å². The Morgan fingerprint density at radius 3 is 1.50 bits per heavy atom. The Morgan fingerprint density at radius 2 is 1.11 bits per heavy atom. The van der Waals surface area contributed by atoms with Crippen LogP contribution in [-0.4, -0.2) is 55.2 Å². The highest BCUT2D eigenvalue weighted by Crippen LogP contribution is 2.33. The van der Waals surface area contributed by atoms with Crippen molar-refractivity contribution in [3.8, 4) is 0 Å². The molecule has 0 amide bonds. The highest BCUT2D eigenvalue weighted by Gasteiger charge is 2.42. The van der Waals surface area contributed by atoms with E-state index in [1.165, 1.54) is 0 Å². The summed E-state index contributed by atoms with van der Waals surface area (Å²) in [6.45, 7) is 1.16. The lowest BCUT2D eigenvalue weighted by molar-refractivity contribution is 0.0641. The normalized spacial score (nSPS) is 18.8. The first-order valence-corrected chi connectivity index (χ1v) is 14.9. The van der Waals surface area contributed by atoms with Crippen molar-refractivity contribution in [3.63, 3.8) is 0 Å². The Morgan fingerprint density at radius 1 is 0.684 bits per heavy atom. The first kappa shape index (κ1) is 26.3. The average Bonchev–Trinajstić information content (AvgIpc) is 3.24. The van der Waals surface area contributed by atoms with Gasteiger partial charge in [0.25, 0.3) is 0 Å². The number of sulfone groups is 1. The topological polar surface area (TPSA) is 69.6 Å². The number of rotatable bonds is 10. The largest absolute Gasteiger partial charge is 0.390 e. The first-order valence-electron chi connectivity index (χ1n) is 13.1. The highest BCUT2D eigenvalue weighted by atomic mass is 32.2. The quantitative estimate of drug-likeness (QED) is 0.316. The second-order valence-electron chi connectivity index (χ2n) is 9.88. The molecule has 4 aromatic rings. The van der Waals surface area contributed by atoms with Gasteiger partial charge in [0.1, 0.15) is 0 Å². The number of hydrogen-bond acceptors (Lipinski definition) is 5. The Balaban J connectivity index is 1.47. The third kappa shape index (κ3) is 6.22. The number of nitrogens with zero attached hydrogens (tertiary/aromatic N) is 1. The van der Waals surface area contributed by atoms with E-state index in [4.69, 9.17) is 0 Å². The van der Waals surface area contributed by atoms with Crippen LogP contribution in [0.3, 0.4) is 0 Å². The SMILES string of the molecule is O=S1(=O)C[C@H](O)[C@@H](N(CCNC(c2ccccc2)c2ccccc2)C(c2ccccc2)c2ccccc2)C1. The Kier molecular flexibility index (Phi) is 8.35. The third-order valence-corrected chi connectivity index (χ3v) is 8.96. The minimum absolute atomic E-state index is 0.0108. The van der Waals surface area contributed by atoms with Crippen LogP contribution in [-0.2, 0) is 9.84 Å². The molecule has 0 unspecified atom stereocenters. The molecule has 0 spiro atoms. The Labute approximate surface area is 225 Å². The number of aliphatic hydroxyl groups is 1. The van der Waals surface area contributed by atoms with Gasteiger partial charge in [0.05, 0.1) is 35.7 Å². The molecule has 4 aromatic carbocycles. The van der Waals surface area contributed by atoms with Crippen molar-refractivity contribution in [1.82, 2.24) is 10.2 Å². The Bertz CT molecular complexity index is 1310. The standard InChI is InChI=1S/C32H34N2O3S/c35-30-24-38(36,37)23-29(30)34(32(27-17-9-3-10-18-27)28-19-11-4-12-20-28)22-21-33-31(25-13-5-1-6-14-25)26-15-7-2-8-16-26/h1-20,29-33,35H,21-24H2/t29-,30-/m0/s1. The van der Waals surface area contributed by atoms with Gasteiger partial charge in [0, 0.05) is 13.1 Å². The lowest BCUT2D eigenvalue weighted by atomic mass is 9.94. The molecule has 0 saturated carbocycles. The summed E-state index contributed by atoms with van der Waals surface area (Å²) >= 11 is 0. The van der Waals surface area contributed by atoms with Gasteiger partial charge in [-0.2, -0.15) is 0 Å². The van der Waals surface area contributed by atoms with Crippen molar-refractivity contribution in [2.45, 2.75) is 24.2 Å². The molecule has 0 aromatic heterocycles. The molecule has 5 rings (SSSR count). The summed E-state index contributed by atoms with van der Waals surface area (Å²) in [5.41, 5.74) is 4.46. The van der Waals surface area contributed by atoms with E-state index >= 15 is 0 Å². The van der Waals surface area contributed by atoms with Crippen molar-refractivity contribution in [2.75, 3.05) is 24.6 Å². The number of hydrogen-bond donors (Lipinski definition) is 2. The zero-order chi connectivity index (χ0) is 26.4. The van der Waals surface area contributed by atoms with Gasteiger partial charge in [-0.3, -0.25) is 4.90 Å². The molecule has 0 radical (unpaired) electrons. The van der Waals surface area contributed by atoms with Gasteiger partial charge in [-0.1, -0.05) is 121 Å². The van der Waals surface area contributed by atoms with Crippen LogP contribution in [0.2, 0.25) is 0 Å². The number of nitrogens with one attached hydrogen (secondary N) is 1. The van der Waals surface area contributed by atoms with E-state index in [1.807, 2.05) is 72.8 Å². The predicted molar refractivity (Wildman–Crippen MR) is 153 cm³/mol. The van der Waals surface area contributed by atoms with Gasteiger partial charge < -0.3 is 10.4 Å². The molecule has 1 fully saturated rings. The van der Waals surface area contributed by atoms with Gasteiger partial charge in [-0.15, -0.1) is 0 Å². The van der Waals surface area contributed by atoms with Gasteiger partial charge >= 0.3 is 0 Å². The molecule has 0 bridgehead atoms. The molecule has 1 heterocycles. The minimum atomic E-state index is -3.33. The lowest BCUT2D eigenvalue weighted by Gasteiger charge is -2.38. The monoisotopic (exact) mass is 526 g/mol. The van der Waals surface area contributed by atoms with Crippen molar-refractivity contribution < 1.29 is 13.5 Å². The molecule has 38 heavy (non-hydrogen) atoms. The molecule has 6 heteroatoms. The van der Waals surface area contributed by atoms with Crippen molar-refractivity contribution in [1.29, 1.82) is 0 Å². The average molecular weight is 527 g/mol. The van der Waals surface area contributed by atoms with E-state index in [-0.39, 0.29) is 23.6 Å². The first-order chi connectivity index (χ1) is 18.5. The van der Waals surface area contributed by atoms with Gasteiger partial charge in [-0.05, 0) is 22.3 Å². The van der Waals surface area contributed by atoms with Crippen molar-refractivity contribution >= 4 is 9.84 Å². The lowest BCUT2D eigenvalue weighted by Crippen LogP contribution is -2.48. The molecule has 2 atom stereocenters. The second kappa shape index (κ2) is 12.0. The van der Waals surface area contributed by atoms with Gasteiger partial charge in [0.15, 0.2) is 9.84 Å². The summed E-state index contributed by atoms with van der Waals surface area (Å²) in [6, 6.07) is 40.2. The molecule has 1 saturated heterocycles. The van der Waals surface area contributed by atoms with E-state index in [1.54, 1.807) is 0 Å². The molecule has 1 aliphatic rings. The van der Waals surface area contributed by atoms with Gasteiger partial charge in [0.2, 0.25) is 0 Å². The summed E-state index contributed by atoms with van der Waals surface area (Å²) in [4.78, 5) is 2.18. The fourth-order valence-corrected chi connectivity index (χ4v) is 7.33. The van der Waals surface area contributed by atoms with E-state index in [2.05, 4.69) is 58.7 Å². The van der Waals surface area contributed by atoms with Crippen LogP contribution in [0.15, 0.2) is 121 Å². The summed E-state index contributed by atoms with van der Waals surface area (Å²) < 4.78 is 25.2. The second-order valence-corrected chi connectivity index (χ2v) is 12.0. The fourth-order valence-electron chi connectivity index (χ4n) is 5.52. The van der Waals surface area contributed by atoms with Crippen LogP contribution >= 0.6 is 0 Å². The molecule has 0 aliphatic carbocycles. The van der Waals surface area contributed by atoms with E-state index in [0.29, 0.717) is 13.1 Å². The zero-order valence-electron chi connectivity index (χ0n) is 21.3. The molecular formula is C32H34N2O3S. The molecular weight excluding hydrogens is 492 g/mol. The van der Waals surface area contributed by atoms with E-state index < -0.39 is 22.0 Å². The van der Waals surface area contributed by atoms with Gasteiger partial charge in [-0.25, -0.2) is 8.42 Å². The smallest absolute Gasteiger partial charge is 0.154 e. The van der Waals surface area contributed by atoms with Crippen molar-refractivity contribution in [3.05, 3.63) is 144 Å².